The summed E-state index contributed by atoms with van der Waals surface area (Å²) in [6.07, 6.45) is 0.0690. The topological polar surface area (TPSA) is 87.5 Å². The van der Waals surface area contributed by atoms with Gasteiger partial charge in [0.1, 0.15) is 12.4 Å². The summed E-state index contributed by atoms with van der Waals surface area (Å²) in [5.41, 5.74) is 0.595. The summed E-state index contributed by atoms with van der Waals surface area (Å²) in [5, 5.41) is 17.1. The Kier molecular flexibility index (Phi) is 6.30. The molecular formula is C15H16BrNO4. The molecular weight excluding hydrogens is 338 g/mol. The minimum Gasteiger partial charge on any atom is -0.508 e. The van der Waals surface area contributed by atoms with E-state index in [9.17, 15) is 14.7 Å². The second-order valence-electron chi connectivity index (χ2n) is 4.47. The van der Waals surface area contributed by atoms with Crippen LogP contribution in [0.15, 0.2) is 40.1 Å². The summed E-state index contributed by atoms with van der Waals surface area (Å²) in [6.45, 7) is 2.21. The van der Waals surface area contributed by atoms with Crippen LogP contribution in [0.5, 0.6) is 0 Å². The van der Waals surface area contributed by atoms with E-state index in [1.54, 1.807) is 12.1 Å². The van der Waals surface area contributed by atoms with Gasteiger partial charge in [-0.15, -0.1) is 0 Å². The van der Waals surface area contributed by atoms with Crippen LogP contribution in [0.4, 0.5) is 0 Å². The number of esters is 1. The molecule has 1 aromatic rings. The average molecular weight is 354 g/mol. The molecule has 0 unspecified atom stereocenters. The zero-order valence-electron chi connectivity index (χ0n) is 11.8. The van der Waals surface area contributed by atoms with Crippen LogP contribution in [0.25, 0.3) is 0 Å². The third kappa shape index (κ3) is 5.51. The Balaban J connectivity index is 2.64. The van der Waals surface area contributed by atoms with E-state index >= 15 is 0 Å². The molecule has 0 aliphatic rings. The lowest BCUT2D eigenvalue weighted by Crippen LogP contribution is -2.16. The fourth-order valence-electron chi connectivity index (χ4n) is 1.72. The van der Waals surface area contributed by atoms with Crippen LogP contribution >= 0.6 is 15.9 Å². The lowest BCUT2D eigenvalue weighted by Gasteiger charge is -2.08. The molecule has 0 aliphatic heterocycles. The molecule has 1 rings (SSSR count). The van der Waals surface area contributed by atoms with Crippen LogP contribution < -0.4 is 0 Å². The molecule has 2 N–H and O–H groups in total. The largest absolute Gasteiger partial charge is 0.508 e. The van der Waals surface area contributed by atoms with Gasteiger partial charge in [-0.3, -0.25) is 9.59 Å². The van der Waals surface area contributed by atoms with Crippen molar-refractivity contribution in [1.82, 2.24) is 0 Å². The Morgan fingerprint density at radius 2 is 1.81 bits per heavy atom. The van der Waals surface area contributed by atoms with E-state index in [0.29, 0.717) is 0 Å². The molecule has 0 heterocycles. The Morgan fingerprint density at radius 1 is 1.24 bits per heavy atom. The van der Waals surface area contributed by atoms with Crippen LogP contribution in [0.1, 0.15) is 19.4 Å². The first-order chi connectivity index (χ1) is 9.81. The zero-order valence-corrected chi connectivity index (χ0v) is 13.4. The summed E-state index contributed by atoms with van der Waals surface area (Å²) < 4.78 is 5.82. The number of hydrogen-bond acceptors (Lipinski definition) is 5. The maximum atomic E-state index is 11.7. The third-order valence-corrected chi connectivity index (χ3v) is 3.18. The number of Topliss-reactive ketones (excluding diaryl/α,β-unsaturated/α-hetero) is 1. The molecule has 1 aromatic carbocycles. The molecule has 0 aromatic heterocycles. The zero-order chi connectivity index (χ0) is 16.0. The van der Waals surface area contributed by atoms with E-state index in [4.69, 9.17) is 10.1 Å². The standard InChI is InChI=1S/C15H16BrNO4/c1-9(17)15(10(2)18)13(19)8-21-14(20)7-11-3-5-12(16)6-4-11/h3-6,17,19H,7-8H2,1-2H3/b15-13+,17-9?. The highest BCUT2D eigenvalue weighted by molar-refractivity contribution is 9.10. The highest BCUT2D eigenvalue weighted by atomic mass is 79.9. The molecule has 0 amide bonds. The number of carbonyl (C=O) groups excluding carboxylic acids is 2. The van der Waals surface area contributed by atoms with Crippen molar-refractivity contribution >= 4 is 33.4 Å². The third-order valence-electron chi connectivity index (χ3n) is 2.65. The maximum absolute atomic E-state index is 11.7. The van der Waals surface area contributed by atoms with E-state index < -0.39 is 24.1 Å². The van der Waals surface area contributed by atoms with Crippen molar-refractivity contribution in [1.29, 1.82) is 5.41 Å². The van der Waals surface area contributed by atoms with Gasteiger partial charge in [-0.25, -0.2) is 0 Å². The fraction of sp³-hybridized carbons (Fsp3) is 0.267. The van der Waals surface area contributed by atoms with Gasteiger partial charge in [0, 0.05) is 10.2 Å². The molecule has 5 nitrogen and oxygen atoms in total. The number of nitrogens with one attached hydrogen (secondary N) is 1. The number of aliphatic hydroxyl groups excluding tert-OH is 1. The minimum absolute atomic E-state index is 0.0658. The van der Waals surface area contributed by atoms with E-state index in [1.165, 1.54) is 13.8 Å². The highest BCUT2D eigenvalue weighted by Gasteiger charge is 2.15. The number of aliphatic hydroxyl groups is 1. The fourth-order valence-corrected chi connectivity index (χ4v) is 1.99. The first-order valence-electron chi connectivity index (χ1n) is 6.20. The summed E-state index contributed by atoms with van der Waals surface area (Å²) in [7, 11) is 0. The SMILES string of the molecule is CC(=N)/C(C(C)=O)=C(\O)COC(=O)Cc1ccc(Br)cc1. The van der Waals surface area contributed by atoms with Gasteiger partial charge in [0.05, 0.1) is 12.0 Å². The van der Waals surface area contributed by atoms with Crippen LogP contribution in [-0.4, -0.2) is 29.2 Å². The first kappa shape index (κ1) is 17.1. The number of rotatable bonds is 6. The Bertz CT molecular complexity index is 574. The van der Waals surface area contributed by atoms with Crippen molar-refractivity contribution in [2.45, 2.75) is 20.3 Å². The number of ketones is 1. The number of halogens is 1. The molecule has 0 fully saturated rings. The molecule has 6 heteroatoms. The molecule has 0 bridgehead atoms. The number of ether oxygens (including phenoxy) is 1. The second kappa shape index (κ2) is 7.73. The van der Waals surface area contributed by atoms with Crippen molar-refractivity contribution in [2.24, 2.45) is 0 Å². The molecule has 0 radical (unpaired) electrons. The van der Waals surface area contributed by atoms with E-state index in [1.807, 2.05) is 12.1 Å². The minimum atomic E-state index is -0.519. The van der Waals surface area contributed by atoms with Gasteiger partial charge in [0.15, 0.2) is 5.78 Å². The number of benzene rings is 1. The molecule has 0 aliphatic carbocycles. The van der Waals surface area contributed by atoms with Gasteiger partial charge in [-0.1, -0.05) is 28.1 Å². The number of carbonyl (C=O) groups is 2. The van der Waals surface area contributed by atoms with Crippen molar-refractivity contribution in [3.8, 4) is 0 Å². The quantitative estimate of drug-likeness (QED) is 0.356. The Hall–Kier alpha value is -1.95. The lowest BCUT2D eigenvalue weighted by molar-refractivity contribution is -0.142. The van der Waals surface area contributed by atoms with Crippen LogP contribution in [-0.2, 0) is 20.7 Å². The predicted octanol–water partition coefficient (Wildman–Crippen LogP) is 2.98. The summed E-state index contributed by atoms with van der Waals surface area (Å²) in [5.74, 6) is -1.36. The van der Waals surface area contributed by atoms with Gasteiger partial charge in [-0.05, 0) is 31.5 Å². The maximum Gasteiger partial charge on any atom is 0.310 e. The molecule has 21 heavy (non-hydrogen) atoms. The predicted molar refractivity (Wildman–Crippen MR) is 82.5 cm³/mol. The smallest absolute Gasteiger partial charge is 0.310 e. The van der Waals surface area contributed by atoms with Gasteiger partial charge >= 0.3 is 5.97 Å². The van der Waals surface area contributed by atoms with Crippen LogP contribution in [0.3, 0.4) is 0 Å². The van der Waals surface area contributed by atoms with Gasteiger partial charge < -0.3 is 15.3 Å². The van der Waals surface area contributed by atoms with Crippen LogP contribution in [0, 0.1) is 5.41 Å². The molecule has 0 atom stereocenters. The van der Waals surface area contributed by atoms with Crippen molar-refractivity contribution in [3.63, 3.8) is 0 Å². The van der Waals surface area contributed by atoms with Gasteiger partial charge in [-0.2, -0.15) is 0 Å². The van der Waals surface area contributed by atoms with E-state index in [2.05, 4.69) is 15.9 Å². The number of allylic oxidation sites excluding steroid dienone is 1. The van der Waals surface area contributed by atoms with Crippen molar-refractivity contribution in [3.05, 3.63) is 45.6 Å². The van der Waals surface area contributed by atoms with Gasteiger partial charge in [0.2, 0.25) is 0 Å². The normalized spacial score (nSPS) is 11.6. The van der Waals surface area contributed by atoms with Gasteiger partial charge in [0.25, 0.3) is 0 Å². The van der Waals surface area contributed by atoms with E-state index in [0.717, 1.165) is 10.0 Å². The van der Waals surface area contributed by atoms with Crippen molar-refractivity contribution in [2.75, 3.05) is 6.61 Å². The molecule has 0 saturated carbocycles. The first-order valence-corrected chi connectivity index (χ1v) is 6.99. The lowest BCUT2D eigenvalue weighted by atomic mass is 10.1. The monoisotopic (exact) mass is 353 g/mol. The summed E-state index contributed by atoms with van der Waals surface area (Å²) in [6, 6.07) is 7.19. The average Bonchev–Trinajstić information content (AvgIpc) is 2.38. The summed E-state index contributed by atoms with van der Waals surface area (Å²) in [4.78, 5) is 22.9. The van der Waals surface area contributed by atoms with E-state index in [-0.39, 0.29) is 17.7 Å². The summed E-state index contributed by atoms with van der Waals surface area (Å²) >= 11 is 3.30. The molecule has 0 saturated heterocycles. The Morgan fingerprint density at radius 3 is 2.29 bits per heavy atom. The Labute approximate surface area is 131 Å². The second-order valence-corrected chi connectivity index (χ2v) is 5.38. The molecule has 0 spiro atoms. The van der Waals surface area contributed by atoms with Crippen molar-refractivity contribution < 1.29 is 19.4 Å². The number of hydrogen-bond donors (Lipinski definition) is 2. The molecule has 112 valence electrons. The van der Waals surface area contributed by atoms with Crippen LogP contribution in [0.2, 0.25) is 0 Å². The highest BCUT2D eigenvalue weighted by Crippen LogP contribution is 2.12.